The lowest BCUT2D eigenvalue weighted by Gasteiger charge is -2.08. The summed E-state index contributed by atoms with van der Waals surface area (Å²) in [6, 6.07) is 8.85. The van der Waals surface area contributed by atoms with Crippen molar-refractivity contribution in [1.82, 2.24) is 0 Å². The zero-order valence-electron chi connectivity index (χ0n) is 10.4. The number of carbonyl (C=O) groups excluding carboxylic acids is 2. The van der Waals surface area contributed by atoms with Gasteiger partial charge < -0.3 is 10.6 Å². The number of rotatable bonds is 4. The Hall–Kier alpha value is -2.35. The van der Waals surface area contributed by atoms with Crippen LogP contribution in [0.15, 0.2) is 24.3 Å². The zero-order valence-corrected chi connectivity index (χ0v) is 10.4. The van der Waals surface area contributed by atoms with Crippen molar-refractivity contribution in [3.63, 3.8) is 0 Å². The van der Waals surface area contributed by atoms with E-state index >= 15 is 0 Å². The highest BCUT2D eigenvalue weighted by molar-refractivity contribution is 5.93. The second-order valence-electron chi connectivity index (χ2n) is 4.04. The summed E-state index contributed by atoms with van der Waals surface area (Å²) in [4.78, 5) is 22.5. The Balaban J connectivity index is 2.65. The molecule has 0 heterocycles. The Labute approximate surface area is 106 Å². The van der Waals surface area contributed by atoms with Crippen molar-refractivity contribution in [3.05, 3.63) is 24.3 Å². The summed E-state index contributed by atoms with van der Waals surface area (Å²) in [5, 5.41) is 13.9. The minimum atomic E-state index is -0.316. The van der Waals surface area contributed by atoms with Crippen molar-refractivity contribution in [2.75, 3.05) is 10.6 Å². The predicted octanol–water partition coefficient (Wildman–Crippen LogP) is 2.13. The number of nitriles is 1. The highest BCUT2D eigenvalue weighted by atomic mass is 16.2. The van der Waals surface area contributed by atoms with Crippen LogP contribution in [-0.2, 0) is 9.59 Å². The van der Waals surface area contributed by atoms with E-state index in [4.69, 9.17) is 5.26 Å². The van der Waals surface area contributed by atoms with Gasteiger partial charge in [0.15, 0.2) is 0 Å². The monoisotopic (exact) mass is 245 g/mol. The molecule has 0 saturated heterocycles. The molecule has 0 fully saturated rings. The predicted molar refractivity (Wildman–Crippen MR) is 68.8 cm³/mol. The molecule has 1 atom stereocenters. The Morgan fingerprint density at radius 1 is 1.33 bits per heavy atom. The second kappa shape index (κ2) is 6.40. The Kier molecular flexibility index (Phi) is 4.88. The van der Waals surface area contributed by atoms with Gasteiger partial charge in [-0.15, -0.1) is 0 Å². The summed E-state index contributed by atoms with van der Waals surface area (Å²) in [5.74, 6) is -0.705. The SMILES string of the molecule is CC(=O)Nc1cccc(NC(=O)CC(C)C#N)c1. The Morgan fingerprint density at radius 3 is 2.50 bits per heavy atom. The van der Waals surface area contributed by atoms with Gasteiger partial charge in [0, 0.05) is 24.7 Å². The van der Waals surface area contributed by atoms with E-state index in [2.05, 4.69) is 10.6 Å². The molecular formula is C13H15N3O2. The molecule has 0 aliphatic heterocycles. The second-order valence-corrected chi connectivity index (χ2v) is 4.04. The molecule has 94 valence electrons. The average molecular weight is 245 g/mol. The molecular weight excluding hydrogens is 230 g/mol. The molecule has 1 unspecified atom stereocenters. The highest BCUT2D eigenvalue weighted by Crippen LogP contribution is 2.15. The van der Waals surface area contributed by atoms with Gasteiger partial charge in [0.25, 0.3) is 0 Å². The number of nitrogens with one attached hydrogen (secondary N) is 2. The summed E-state index contributed by atoms with van der Waals surface area (Å²) in [7, 11) is 0. The Bertz CT molecular complexity index is 491. The summed E-state index contributed by atoms with van der Waals surface area (Å²) in [6.07, 6.45) is 0.154. The van der Waals surface area contributed by atoms with E-state index in [0.717, 1.165) is 0 Å². The standard InChI is InChI=1S/C13H15N3O2/c1-9(8-14)6-13(18)16-12-5-3-4-11(7-12)15-10(2)17/h3-5,7,9H,6H2,1-2H3,(H,15,17)(H,16,18). The van der Waals surface area contributed by atoms with Gasteiger partial charge in [0.2, 0.25) is 11.8 Å². The summed E-state index contributed by atoms with van der Waals surface area (Å²) in [5.41, 5.74) is 1.21. The third kappa shape index (κ3) is 4.66. The molecule has 0 aromatic heterocycles. The first-order chi connectivity index (χ1) is 8.51. The van der Waals surface area contributed by atoms with Crippen molar-refractivity contribution in [2.24, 2.45) is 5.92 Å². The van der Waals surface area contributed by atoms with Gasteiger partial charge in [-0.1, -0.05) is 6.07 Å². The molecule has 5 heteroatoms. The van der Waals surface area contributed by atoms with E-state index in [1.165, 1.54) is 6.92 Å². The van der Waals surface area contributed by atoms with Crippen molar-refractivity contribution in [3.8, 4) is 6.07 Å². The van der Waals surface area contributed by atoms with E-state index in [9.17, 15) is 9.59 Å². The maximum Gasteiger partial charge on any atom is 0.225 e. The third-order valence-electron chi connectivity index (χ3n) is 2.18. The van der Waals surface area contributed by atoms with Crippen molar-refractivity contribution in [1.29, 1.82) is 5.26 Å². The molecule has 2 N–H and O–H groups in total. The molecule has 0 spiro atoms. The van der Waals surface area contributed by atoms with Gasteiger partial charge in [-0.25, -0.2) is 0 Å². The van der Waals surface area contributed by atoms with Gasteiger partial charge in [-0.05, 0) is 25.1 Å². The van der Waals surface area contributed by atoms with Gasteiger partial charge in [-0.2, -0.15) is 5.26 Å². The molecule has 0 aliphatic carbocycles. The molecule has 0 bridgehead atoms. The maximum absolute atomic E-state index is 11.6. The summed E-state index contributed by atoms with van der Waals surface area (Å²) >= 11 is 0. The van der Waals surface area contributed by atoms with Crippen LogP contribution >= 0.6 is 0 Å². The van der Waals surface area contributed by atoms with Gasteiger partial charge in [-0.3, -0.25) is 9.59 Å². The molecule has 0 aliphatic rings. The van der Waals surface area contributed by atoms with Gasteiger partial charge in [0.1, 0.15) is 0 Å². The number of anilines is 2. The van der Waals surface area contributed by atoms with Gasteiger partial charge >= 0.3 is 0 Å². The number of nitrogens with zero attached hydrogens (tertiary/aromatic N) is 1. The molecule has 1 aromatic rings. The van der Waals surface area contributed by atoms with Crippen molar-refractivity contribution in [2.45, 2.75) is 20.3 Å². The van der Waals surface area contributed by atoms with E-state index in [1.807, 2.05) is 6.07 Å². The fraction of sp³-hybridized carbons (Fsp3) is 0.308. The Morgan fingerprint density at radius 2 is 1.94 bits per heavy atom. The number of amides is 2. The van der Waals surface area contributed by atoms with Crippen LogP contribution in [0.4, 0.5) is 11.4 Å². The normalized spacial score (nSPS) is 11.2. The van der Waals surface area contributed by atoms with E-state index in [0.29, 0.717) is 11.4 Å². The van der Waals surface area contributed by atoms with Crippen LogP contribution in [0.5, 0.6) is 0 Å². The molecule has 1 rings (SSSR count). The number of benzene rings is 1. The smallest absolute Gasteiger partial charge is 0.225 e. The number of hydrogen-bond donors (Lipinski definition) is 2. The molecule has 0 radical (unpaired) electrons. The first-order valence-corrected chi connectivity index (χ1v) is 5.58. The number of carbonyl (C=O) groups is 2. The average Bonchev–Trinajstić information content (AvgIpc) is 2.28. The minimum absolute atomic E-state index is 0.154. The van der Waals surface area contributed by atoms with E-state index < -0.39 is 0 Å². The quantitative estimate of drug-likeness (QED) is 0.852. The number of hydrogen-bond acceptors (Lipinski definition) is 3. The lowest BCUT2D eigenvalue weighted by Crippen LogP contribution is -2.14. The fourth-order valence-corrected chi connectivity index (χ4v) is 1.41. The summed E-state index contributed by atoms with van der Waals surface area (Å²) in [6.45, 7) is 3.10. The van der Waals surface area contributed by atoms with Crippen LogP contribution in [-0.4, -0.2) is 11.8 Å². The van der Waals surface area contributed by atoms with Crippen LogP contribution in [0, 0.1) is 17.2 Å². The van der Waals surface area contributed by atoms with Crippen molar-refractivity contribution < 1.29 is 9.59 Å². The molecule has 0 saturated carbocycles. The zero-order chi connectivity index (χ0) is 13.5. The minimum Gasteiger partial charge on any atom is -0.326 e. The van der Waals surface area contributed by atoms with Crippen molar-refractivity contribution >= 4 is 23.2 Å². The van der Waals surface area contributed by atoms with Crippen LogP contribution in [0.3, 0.4) is 0 Å². The molecule has 5 nitrogen and oxygen atoms in total. The first-order valence-electron chi connectivity index (χ1n) is 5.58. The largest absolute Gasteiger partial charge is 0.326 e. The van der Waals surface area contributed by atoms with Crippen LogP contribution in [0.1, 0.15) is 20.3 Å². The maximum atomic E-state index is 11.6. The topological polar surface area (TPSA) is 82.0 Å². The van der Waals surface area contributed by atoms with E-state index in [1.54, 1.807) is 31.2 Å². The van der Waals surface area contributed by atoms with E-state index in [-0.39, 0.29) is 24.2 Å². The van der Waals surface area contributed by atoms with Gasteiger partial charge in [0.05, 0.1) is 12.0 Å². The summed E-state index contributed by atoms with van der Waals surface area (Å²) < 4.78 is 0. The van der Waals surface area contributed by atoms with Crippen LogP contribution in [0.25, 0.3) is 0 Å². The molecule has 18 heavy (non-hydrogen) atoms. The van der Waals surface area contributed by atoms with Crippen LogP contribution < -0.4 is 10.6 Å². The third-order valence-corrected chi connectivity index (χ3v) is 2.18. The highest BCUT2D eigenvalue weighted by Gasteiger charge is 2.08. The lowest BCUT2D eigenvalue weighted by atomic mass is 10.1. The molecule has 2 amide bonds. The van der Waals surface area contributed by atoms with Crippen LogP contribution in [0.2, 0.25) is 0 Å². The first kappa shape index (κ1) is 13.7. The lowest BCUT2D eigenvalue weighted by molar-refractivity contribution is -0.116. The fourth-order valence-electron chi connectivity index (χ4n) is 1.41. The molecule has 1 aromatic carbocycles.